The summed E-state index contributed by atoms with van der Waals surface area (Å²) < 4.78 is 0. The number of rotatable bonds is 3. The van der Waals surface area contributed by atoms with Crippen molar-refractivity contribution >= 4 is 17.4 Å². The largest absolute Gasteiger partial charge is 0.316 e. The highest BCUT2D eigenvalue weighted by Gasteiger charge is 2.29. The summed E-state index contributed by atoms with van der Waals surface area (Å²) in [5.41, 5.74) is 6.09. The molecule has 2 aliphatic rings. The molecule has 2 rings (SSSR count). The Morgan fingerprint density at radius 2 is 1.89 bits per heavy atom. The van der Waals surface area contributed by atoms with Crippen molar-refractivity contribution in [3.63, 3.8) is 0 Å². The number of carbonyl (C=O) groups is 1. The molecule has 0 aromatic rings. The summed E-state index contributed by atoms with van der Waals surface area (Å²) in [6.45, 7) is 3.75. The van der Waals surface area contributed by atoms with Gasteiger partial charge in [0.2, 0.25) is 0 Å². The third kappa shape index (κ3) is 3.69. The van der Waals surface area contributed by atoms with Crippen LogP contribution in [-0.2, 0) is 4.79 Å². The Kier molecular flexibility index (Phi) is 5.05. The zero-order valence-electron chi connectivity index (χ0n) is 11.3. The molecule has 1 aliphatic heterocycles. The van der Waals surface area contributed by atoms with E-state index in [1.54, 1.807) is 0 Å². The molecule has 2 N–H and O–H groups in total. The highest BCUT2D eigenvalue weighted by Crippen LogP contribution is 2.29. The molecule has 0 radical (unpaired) electrons. The van der Waals surface area contributed by atoms with E-state index in [0.29, 0.717) is 18.2 Å². The maximum atomic E-state index is 12.3. The van der Waals surface area contributed by atoms with Crippen molar-refractivity contribution in [2.45, 2.75) is 57.0 Å². The van der Waals surface area contributed by atoms with E-state index in [9.17, 15) is 4.79 Å². The van der Waals surface area contributed by atoms with Crippen LogP contribution in [0.25, 0.3) is 0 Å². The summed E-state index contributed by atoms with van der Waals surface area (Å²) in [6.07, 6.45) is 6.18. The molecule has 0 spiro atoms. The van der Waals surface area contributed by atoms with Gasteiger partial charge in [-0.05, 0) is 44.4 Å². The van der Waals surface area contributed by atoms with E-state index >= 15 is 0 Å². The van der Waals surface area contributed by atoms with Gasteiger partial charge in [0.25, 0.3) is 0 Å². The first-order chi connectivity index (χ1) is 8.56. The summed E-state index contributed by atoms with van der Waals surface area (Å²) in [6, 6.07) is 0. The number of nitrogens with two attached hydrogens (primary N) is 1. The van der Waals surface area contributed by atoms with Gasteiger partial charge >= 0.3 is 0 Å². The molecule has 2 unspecified atom stereocenters. The van der Waals surface area contributed by atoms with Gasteiger partial charge < -0.3 is 5.73 Å². The molecule has 0 aromatic heterocycles. The predicted molar refractivity (Wildman–Crippen MR) is 74.6 cm³/mol. The number of piperidine rings is 1. The third-order valence-electron chi connectivity index (χ3n) is 4.44. The summed E-state index contributed by atoms with van der Waals surface area (Å²) in [5, 5.41) is 0.284. The van der Waals surface area contributed by atoms with Crippen LogP contribution in [-0.4, -0.2) is 35.3 Å². The lowest BCUT2D eigenvalue weighted by Gasteiger charge is -2.37. The van der Waals surface area contributed by atoms with Crippen LogP contribution in [0.3, 0.4) is 0 Å². The van der Waals surface area contributed by atoms with E-state index in [1.807, 2.05) is 0 Å². The molecular formula is C14H25ClN2O. The molecule has 104 valence electrons. The van der Waals surface area contributed by atoms with Gasteiger partial charge in [0.15, 0.2) is 0 Å². The predicted octanol–water partition coefficient (Wildman–Crippen LogP) is 2.37. The molecular weight excluding hydrogens is 248 g/mol. The summed E-state index contributed by atoms with van der Waals surface area (Å²) in [7, 11) is 0. The van der Waals surface area contributed by atoms with E-state index in [-0.39, 0.29) is 17.5 Å². The average Bonchev–Trinajstić information content (AvgIpc) is 2.34. The summed E-state index contributed by atoms with van der Waals surface area (Å²) >= 11 is 6.08. The minimum atomic E-state index is 0.0783. The SMILES string of the molecule is CC1CCC(N)N(CC(=O)C2CCC(Cl)CC2)C1. The van der Waals surface area contributed by atoms with Gasteiger partial charge in [0.1, 0.15) is 5.78 Å². The number of ketones is 1. The third-order valence-corrected chi connectivity index (χ3v) is 4.88. The van der Waals surface area contributed by atoms with Crippen LogP contribution < -0.4 is 5.73 Å². The monoisotopic (exact) mass is 272 g/mol. The maximum Gasteiger partial charge on any atom is 0.149 e. The maximum absolute atomic E-state index is 12.3. The highest BCUT2D eigenvalue weighted by molar-refractivity contribution is 6.20. The lowest BCUT2D eigenvalue weighted by Crippen LogP contribution is -2.50. The second-order valence-electron chi connectivity index (χ2n) is 6.09. The minimum Gasteiger partial charge on any atom is -0.316 e. The second-order valence-corrected chi connectivity index (χ2v) is 6.71. The number of Topliss-reactive ketones (excluding diaryl/α,β-unsaturated/α-hetero) is 1. The molecule has 3 nitrogen and oxygen atoms in total. The van der Waals surface area contributed by atoms with Gasteiger partial charge in [0, 0.05) is 17.8 Å². The second kappa shape index (κ2) is 6.36. The average molecular weight is 273 g/mol. The zero-order chi connectivity index (χ0) is 13.1. The number of carbonyl (C=O) groups excluding carboxylic acids is 1. The number of likely N-dealkylation sites (tertiary alicyclic amines) is 1. The van der Waals surface area contributed by atoms with Crippen molar-refractivity contribution < 1.29 is 4.79 Å². The van der Waals surface area contributed by atoms with Crippen molar-refractivity contribution in [1.29, 1.82) is 0 Å². The fraction of sp³-hybridized carbons (Fsp3) is 0.929. The van der Waals surface area contributed by atoms with Crippen LogP contribution in [0.5, 0.6) is 0 Å². The van der Waals surface area contributed by atoms with Crippen molar-refractivity contribution in [2.75, 3.05) is 13.1 Å². The summed E-state index contributed by atoms with van der Waals surface area (Å²) in [5.74, 6) is 1.27. The van der Waals surface area contributed by atoms with Gasteiger partial charge in [-0.1, -0.05) is 6.92 Å². The summed E-state index contributed by atoms with van der Waals surface area (Å²) in [4.78, 5) is 14.5. The van der Waals surface area contributed by atoms with E-state index in [2.05, 4.69) is 11.8 Å². The number of hydrogen-bond donors (Lipinski definition) is 1. The van der Waals surface area contributed by atoms with Crippen molar-refractivity contribution in [2.24, 2.45) is 17.6 Å². The first-order valence-electron chi connectivity index (χ1n) is 7.22. The molecule has 2 atom stereocenters. The van der Waals surface area contributed by atoms with Gasteiger partial charge in [-0.3, -0.25) is 9.69 Å². The number of hydrogen-bond acceptors (Lipinski definition) is 3. The quantitative estimate of drug-likeness (QED) is 0.803. The molecule has 0 bridgehead atoms. The Labute approximate surface area is 115 Å². The van der Waals surface area contributed by atoms with Crippen LogP contribution in [0.4, 0.5) is 0 Å². The van der Waals surface area contributed by atoms with E-state index in [4.69, 9.17) is 17.3 Å². The Bertz CT molecular complexity index is 290. The van der Waals surface area contributed by atoms with Crippen molar-refractivity contribution in [1.82, 2.24) is 4.90 Å². The first kappa shape index (κ1) is 14.3. The molecule has 18 heavy (non-hydrogen) atoms. The fourth-order valence-electron chi connectivity index (χ4n) is 3.15. The molecule has 1 saturated heterocycles. The smallest absolute Gasteiger partial charge is 0.149 e. The first-order valence-corrected chi connectivity index (χ1v) is 7.66. The number of halogens is 1. The van der Waals surface area contributed by atoms with Crippen LogP contribution in [0.2, 0.25) is 0 Å². The lowest BCUT2D eigenvalue weighted by atomic mass is 9.85. The van der Waals surface area contributed by atoms with Crippen LogP contribution in [0.15, 0.2) is 0 Å². The van der Waals surface area contributed by atoms with Gasteiger partial charge in [-0.2, -0.15) is 0 Å². The van der Waals surface area contributed by atoms with Gasteiger partial charge in [-0.25, -0.2) is 0 Å². The standard InChI is InChI=1S/C14H25ClN2O/c1-10-2-7-14(16)17(8-10)9-13(18)11-3-5-12(15)6-4-11/h10-12,14H,2-9,16H2,1H3. The molecule has 1 aliphatic carbocycles. The highest BCUT2D eigenvalue weighted by atomic mass is 35.5. The topological polar surface area (TPSA) is 46.3 Å². The Balaban J connectivity index is 1.82. The van der Waals surface area contributed by atoms with Gasteiger partial charge in [-0.15, -0.1) is 11.6 Å². The van der Waals surface area contributed by atoms with E-state index < -0.39 is 0 Å². The Morgan fingerprint density at radius 3 is 2.56 bits per heavy atom. The molecule has 1 saturated carbocycles. The fourth-order valence-corrected chi connectivity index (χ4v) is 3.40. The van der Waals surface area contributed by atoms with Gasteiger partial charge in [0.05, 0.1) is 12.7 Å². The molecule has 2 fully saturated rings. The molecule has 0 aromatic carbocycles. The molecule has 4 heteroatoms. The molecule has 0 amide bonds. The molecule has 1 heterocycles. The lowest BCUT2D eigenvalue weighted by molar-refractivity contribution is -0.126. The van der Waals surface area contributed by atoms with Crippen molar-refractivity contribution in [3.05, 3.63) is 0 Å². The normalized spacial score (nSPS) is 38.6. The van der Waals surface area contributed by atoms with Crippen molar-refractivity contribution in [3.8, 4) is 0 Å². The van der Waals surface area contributed by atoms with Crippen LogP contribution in [0.1, 0.15) is 45.4 Å². The Hall–Kier alpha value is -0.120. The number of nitrogens with zero attached hydrogens (tertiary/aromatic N) is 1. The van der Waals surface area contributed by atoms with Crippen LogP contribution >= 0.6 is 11.6 Å². The van der Waals surface area contributed by atoms with E-state index in [1.165, 1.54) is 6.42 Å². The minimum absolute atomic E-state index is 0.0783. The zero-order valence-corrected chi connectivity index (χ0v) is 12.0. The van der Waals surface area contributed by atoms with E-state index in [0.717, 1.165) is 38.6 Å². The van der Waals surface area contributed by atoms with Crippen LogP contribution in [0, 0.1) is 11.8 Å². The number of alkyl halides is 1. The Morgan fingerprint density at radius 1 is 1.22 bits per heavy atom.